The standard InChI is InChI=1S/C43H32N3O/c1-3-13-31(14-4-1)41-44-42(32-15-5-2-6-16-32)46-43(45-41)37-22-10-21-36-39-35(20-11-23-38(39)47-40(36)37)30-26-24-29(25-27-30)34-19-9-17-28-12-7-8-18-33(28)34/h1-8,10-16,18-27,41-42,44H,9,17H2/q-1. The molecular weight excluding hydrogens is 574 g/mol. The number of hydrogen-bond donors (Lipinski definition) is 1. The van der Waals surface area contributed by atoms with Crippen molar-refractivity contribution in [3.63, 3.8) is 0 Å². The normalized spacial score (nSPS) is 17.5. The van der Waals surface area contributed by atoms with Crippen molar-refractivity contribution in [2.24, 2.45) is 4.99 Å². The first kappa shape index (κ1) is 27.6. The number of rotatable bonds is 5. The van der Waals surface area contributed by atoms with Gasteiger partial charge in [0.05, 0.1) is 0 Å². The molecule has 2 atom stereocenters. The van der Waals surface area contributed by atoms with Gasteiger partial charge in [0.15, 0.2) is 0 Å². The van der Waals surface area contributed by atoms with Gasteiger partial charge in [0.2, 0.25) is 0 Å². The molecule has 0 spiro atoms. The number of amidine groups is 1. The highest BCUT2D eigenvalue weighted by Gasteiger charge is 2.21. The van der Waals surface area contributed by atoms with Gasteiger partial charge in [0.1, 0.15) is 11.2 Å². The van der Waals surface area contributed by atoms with E-state index in [2.05, 4.69) is 145 Å². The number of allylic oxidation sites excluding steroid dienone is 1. The molecule has 2 heterocycles. The third-order valence-corrected chi connectivity index (χ3v) is 9.39. The van der Waals surface area contributed by atoms with Crippen LogP contribution < -0.4 is 5.32 Å². The van der Waals surface area contributed by atoms with Gasteiger partial charge in [-0.1, -0.05) is 151 Å². The summed E-state index contributed by atoms with van der Waals surface area (Å²) in [6, 6.07) is 51.1. The van der Waals surface area contributed by atoms with E-state index in [9.17, 15) is 0 Å². The van der Waals surface area contributed by atoms with Crippen LogP contribution in [0.25, 0.3) is 44.0 Å². The van der Waals surface area contributed by atoms with Crippen LogP contribution in [0.2, 0.25) is 0 Å². The Kier molecular flexibility index (Phi) is 6.80. The molecule has 1 aliphatic heterocycles. The molecule has 0 amide bonds. The lowest BCUT2D eigenvalue weighted by atomic mass is 9.86. The first-order valence-electron chi connectivity index (χ1n) is 16.3. The zero-order valence-electron chi connectivity index (χ0n) is 25.8. The van der Waals surface area contributed by atoms with Crippen LogP contribution in [0.4, 0.5) is 0 Å². The fourth-order valence-corrected chi connectivity index (χ4v) is 7.10. The van der Waals surface area contributed by atoms with Crippen molar-refractivity contribution in [2.75, 3.05) is 0 Å². The van der Waals surface area contributed by atoms with Gasteiger partial charge < -0.3 is 20.0 Å². The number of para-hydroxylation sites is 1. The van der Waals surface area contributed by atoms with Gasteiger partial charge >= 0.3 is 0 Å². The van der Waals surface area contributed by atoms with Crippen LogP contribution in [0, 0.1) is 0 Å². The summed E-state index contributed by atoms with van der Waals surface area (Å²) in [4.78, 5) is 5.14. The number of benzene rings is 6. The number of furan rings is 1. The van der Waals surface area contributed by atoms with E-state index in [-0.39, 0.29) is 12.3 Å². The van der Waals surface area contributed by atoms with Gasteiger partial charge in [-0.15, -0.1) is 0 Å². The molecule has 7 aromatic rings. The summed E-state index contributed by atoms with van der Waals surface area (Å²) in [7, 11) is 0. The third kappa shape index (κ3) is 4.95. The summed E-state index contributed by atoms with van der Waals surface area (Å²) in [6.45, 7) is 0. The minimum absolute atomic E-state index is 0.242. The maximum atomic E-state index is 6.67. The molecule has 9 rings (SSSR count). The lowest BCUT2D eigenvalue weighted by Gasteiger charge is -2.40. The minimum atomic E-state index is -0.242. The molecule has 0 fully saturated rings. The van der Waals surface area contributed by atoms with Gasteiger partial charge in [-0.2, -0.15) is 0 Å². The molecule has 0 saturated heterocycles. The molecule has 0 bridgehead atoms. The van der Waals surface area contributed by atoms with Crippen molar-refractivity contribution in [2.45, 2.75) is 25.2 Å². The number of aliphatic imine (C=N–C) groups is 1. The van der Waals surface area contributed by atoms with E-state index in [1.54, 1.807) is 0 Å². The molecule has 0 radical (unpaired) electrons. The van der Waals surface area contributed by atoms with Crippen molar-refractivity contribution in [3.8, 4) is 11.1 Å². The molecule has 47 heavy (non-hydrogen) atoms. The highest BCUT2D eigenvalue weighted by atomic mass is 16.3. The second-order valence-corrected chi connectivity index (χ2v) is 12.2. The number of hydrogen-bond acceptors (Lipinski definition) is 3. The average Bonchev–Trinajstić information content (AvgIpc) is 3.55. The molecule has 1 N–H and O–H groups in total. The Morgan fingerprint density at radius 1 is 0.617 bits per heavy atom. The summed E-state index contributed by atoms with van der Waals surface area (Å²) >= 11 is 0. The first-order chi connectivity index (χ1) is 23.3. The Morgan fingerprint density at radius 3 is 2.13 bits per heavy atom. The van der Waals surface area contributed by atoms with Crippen molar-refractivity contribution < 1.29 is 4.42 Å². The summed E-state index contributed by atoms with van der Waals surface area (Å²) in [5, 5.41) is 10.9. The van der Waals surface area contributed by atoms with Gasteiger partial charge in [-0.25, -0.2) is 0 Å². The molecule has 1 aliphatic carbocycles. The zero-order valence-corrected chi connectivity index (χ0v) is 25.8. The minimum Gasteiger partial charge on any atom is -0.455 e. The smallest absolute Gasteiger partial charge is 0.142 e. The number of aryl methyl sites for hydroxylation is 1. The Morgan fingerprint density at radius 2 is 1.30 bits per heavy atom. The van der Waals surface area contributed by atoms with Gasteiger partial charge in [0, 0.05) is 28.7 Å². The van der Waals surface area contributed by atoms with E-state index >= 15 is 0 Å². The van der Waals surface area contributed by atoms with Crippen LogP contribution in [0.3, 0.4) is 0 Å². The molecule has 0 saturated carbocycles. The maximum absolute atomic E-state index is 6.67. The van der Waals surface area contributed by atoms with Crippen LogP contribution in [0.5, 0.6) is 0 Å². The summed E-state index contributed by atoms with van der Waals surface area (Å²) < 4.78 is 6.67. The van der Waals surface area contributed by atoms with Gasteiger partial charge in [-0.05, 0) is 63.4 Å². The quantitative estimate of drug-likeness (QED) is 0.212. The fraction of sp³-hybridized carbons (Fsp3) is 0.0930. The molecule has 1 aromatic heterocycles. The average molecular weight is 607 g/mol. The number of nitrogens with zero attached hydrogens (tertiary/aromatic N) is 2. The van der Waals surface area contributed by atoms with Crippen molar-refractivity contribution in [1.29, 1.82) is 0 Å². The molecule has 226 valence electrons. The molecule has 6 aromatic carbocycles. The fourth-order valence-electron chi connectivity index (χ4n) is 7.10. The van der Waals surface area contributed by atoms with E-state index in [1.165, 1.54) is 22.3 Å². The Labute approximate surface area is 274 Å². The SMILES string of the molecule is C1=C(c2ccc(-c3cccc4oc5c(C6=NC(c7ccccc7)NC(c7ccccc7)[N-]6)cccc5c34)cc2)c2ccccc2CC1. The molecular formula is C43H32N3O-. The van der Waals surface area contributed by atoms with Crippen molar-refractivity contribution in [1.82, 2.24) is 5.32 Å². The van der Waals surface area contributed by atoms with Crippen molar-refractivity contribution >= 4 is 33.3 Å². The van der Waals surface area contributed by atoms with Gasteiger partial charge in [-0.3, -0.25) is 0 Å². The predicted molar refractivity (Wildman–Crippen MR) is 192 cm³/mol. The zero-order chi connectivity index (χ0) is 31.2. The summed E-state index contributed by atoms with van der Waals surface area (Å²) in [5.41, 5.74) is 12.4. The highest BCUT2D eigenvalue weighted by molar-refractivity contribution is 6.21. The van der Waals surface area contributed by atoms with E-state index in [1.807, 2.05) is 12.1 Å². The summed E-state index contributed by atoms with van der Waals surface area (Å²) in [6.07, 6.45) is 4.07. The Bertz CT molecular complexity index is 2300. The van der Waals surface area contributed by atoms with Crippen LogP contribution in [0.15, 0.2) is 161 Å². The Balaban J connectivity index is 1.13. The van der Waals surface area contributed by atoms with Crippen LogP contribution in [-0.4, -0.2) is 5.84 Å². The maximum Gasteiger partial charge on any atom is 0.142 e. The van der Waals surface area contributed by atoms with Gasteiger partial charge in [0.25, 0.3) is 0 Å². The summed E-state index contributed by atoms with van der Waals surface area (Å²) in [5.74, 6) is 0.683. The second kappa shape index (κ2) is 11.6. The number of nitrogens with one attached hydrogen (secondary N) is 1. The highest BCUT2D eigenvalue weighted by Crippen LogP contribution is 2.41. The first-order valence-corrected chi connectivity index (χ1v) is 16.3. The number of fused-ring (bicyclic) bond motifs is 4. The van der Waals surface area contributed by atoms with Crippen LogP contribution >= 0.6 is 0 Å². The van der Waals surface area contributed by atoms with E-state index in [0.29, 0.717) is 5.84 Å². The monoisotopic (exact) mass is 606 g/mol. The molecule has 2 unspecified atom stereocenters. The van der Waals surface area contributed by atoms with E-state index < -0.39 is 0 Å². The van der Waals surface area contributed by atoms with E-state index in [4.69, 9.17) is 14.7 Å². The topological polar surface area (TPSA) is 51.6 Å². The van der Waals surface area contributed by atoms with Crippen LogP contribution in [-0.2, 0) is 6.42 Å². The second-order valence-electron chi connectivity index (χ2n) is 12.2. The lowest BCUT2D eigenvalue weighted by Crippen LogP contribution is -2.31. The predicted octanol–water partition coefficient (Wildman–Crippen LogP) is 10.8. The molecule has 4 nitrogen and oxygen atoms in total. The largest absolute Gasteiger partial charge is 0.455 e. The molecule has 2 aliphatic rings. The van der Waals surface area contributed by atoms with E-state index in [0.717, 1.165) is 62.6 Å². The van der Waals surface area contributed by atoms with Crippen molar-refractivity contribution in [3.05, 3.63) is 190 Å². The third-order valence-electron chi connectivity index (χ3n) is 9.39. The van der Waals surface area contributed by atoms with Crippen LogP contribution in [0.1, 0.15) is 52.1 Å². The Hall–Kier alpha value is -5.71. The molecule has 4 heteroatoms. The lowest BCUT2D eigenvalue weighted by molar-refractivity contribution is 0.488.